The van der Waals surface area contributed by atoms with Gasteiger partial charge in [-0.25, -0.2) is 15.5 Å². The second-order valence-corrected chi connectivity index (χ2v) is 40.6. The Labute approximate surface area is 898 Å². The molecule has 30 atom stereocenters. The van der Waals surface area contributed by atoms with Gasteiger partial charge < -0.3 is 102 Å². The van der Waals surface area contributed by atoms with Gasteiger partial charge in [0.1, 0.15) is 61.6 Å². The number of cyclic esters (lactones) is 2. The minimum atomic E-state index is -2.44. The number of methoxy groups -OCH3 is 6. The fraction of sp³-hybridized carbons (Fsp3) is 0.748. The molecule has 6 heterocycles. The maximum Gasteiger partial charge on any atom is 1.00 e. The molecule has 0 aromatic heterocycles. The van der Waals surface area contributed by atoms with Crippen LogP contribution in [0.25, 0.3) is 20.9 Å². The summed E-state index contributed by atoms with van der Waals surface area (Å²) >= 11 is 0. The minimum Gasteiger partial charge on any atom is -0.550 e. The molecule has 4 saturated heterocycles. The average Bonchev–Trinajstić information content (AvgIpc) is 0.777. The Kier molecular flexibility index (Phi) is 63.7. The number of oxime groups is 1. The predicted molar refractivity (Wildman–Crippen MR) is 551 cm³/mol. The number of aliphatic hydroxyl groups is 5. The molecule has 0 aromatic rings. The molecule has 4 bridgehead atoms. The van der Waals surface area contributed by atoms with Gasteiger partial charge in [0.25, 0.3) is 23.4 Å². The van der Waals surface area contributed by atoms with Gasteiger partial charge in [0.15, 0.2) is 11.6 Å². The van der Waals surface area contributed by atoms with Gasteiger partial charge in [-0.2, -0.15) is 0 Å². The molecule has 0 unspecified atom stereocenters. The zero-order chi connectivity index (χ0) is 109. The van der Waals surface area contributed by atoms with Crippen molar-refractivity contribution in [1.29, 1.82) is 0 Å². The molecule has 826 valence electrons. The van der Waals surface area contributed by atoms with E-state index in [2.05, 4.69) is 35.9 Å². The summed E-state index contributed by atoms with van der Waals surface area (Å²) in [7, 11) is 12.9. The first-order valence-electron chi connectivity index (χ1n) is 51.3. The first kappa shape index (κ1) is 135. The quantitative estimate of drug-likeness (QED) is 0.0130. The van der Waals surface area contributed by atoms with Crippen LogP contribution in [0.4, 0.5) is 0 Å². The van der Waals surface area contributed by atoms with Gasteiger partial charge in [-0.3, -0.25) is 33.6 Å². The standard InChI is InChI=1S/C52H81N5O12.C51H78N4O12.C2H4O2.CH5NO.CH4O.ClH.Na/c1-31-17-13-12-14-18-32(2)43(64-8)29-39-22-20-37(7)52(63,69-39)49(60)50(61)57-24-16-15-19-42(57)51(62)68-44(34(4)27-38-21-23-40(54-56-53)45(28-38)65-9)30-41(55-67-11)33(3)26-36(6)47(59)48(66-10)46(58)35(5)25-31;1-30-16-12-11-13-17-31(2)42(63-8)28-38-21-19-36(7)51(62,67-38)48(59)49(60)55-23-15-14-18-40(55)50(61)66-43(33(4)26-37-20-22-39(53-54-52)44(27-37)64-9)29-41(56)32(3)25-35(6)46(58)47(65-10)45(57)34(5)24-30;1-2(3)4;1-3-2;1-2;;/h12-14,17-18,26,31,33-35,37-40,42-45,47-48,59,63H,15-16,19-25,27-30H2,1-11H3;11-13,16-17,25,30,32-34,36-40,42-44,46-47,58,62H,14-15,18-24,26-29H2,1-10H3;1H3,(H,3,4);2H2,1H3;2H,1H3;1H;/q;;;;;;+1/p-1/b14-12+,17-13+,32-18+,36-26+,55-41?;13-11+,16-12+,31-17+,35-25+;;;;;/t31-,33-,34-,35-,37-,38+,39+,40+,42+,43+,44+,45-,47-,48+,52-;30-,32-,33-,34-,36-,37+,38+,39+,40+,42+,43+,44-,46-,47+,51-;;;;;/m11...../s1. The number of nitrogens with two attached hydrogens (primary N) is 1. The number of aliphatic hydroxyl groups excluding tert-OH is 3. The van der Waals surface area contributed by atoms with Crippen LogP contribution in [0.5, 0.6) is 0 Å². The molecule has 2 saturated carbocycles. The summed E-state index contributed by atoms with van der Waals surface area (Å²) < 4.78 is 59.4. The topological polar surface area (TPSA) is 548 Å². The zero-order valence-electron chi connectivity index (χ0n) is 91.6. The number of carbonyl (C=O) groups excluding carboxylic acids is 10. The van der Waals surface area contributed by atoms with Gasteiger partial charge in [-0.05, 0) is 232 Å². The number of rotatable bonds is 15. The number of carboxylic acids is 1. The zero-order valence-corrected chi connectivity index (χ0v) is 94.4. The Hall–Kier alpha value is -7.60. The van der Waals surface area contributed by atoms with E-state index in [9.17, 15) is 63.6 Å². The SMILES string of the molecule is CC(=O)[O-].CO.CON.CON=C1C[C@@H]([C@H](C)C[C@@H]2CC[C@H](N=[N+]=[N-])[C@H](OC)C2)OC(=O)[C@@H]2CCCCN2C(=O)C(=O)[C@]2(O)O[C@@H](CC[C@H]2C)C[C@H](OC)/C(C)=C/C=C/C=C/[C@@H](C)C[C@@H](C)C(=O)[C@H](OC)[C@H](O)/C(C)=C/[C@H]1C.CO[C@H]1C[C@@H]2CC[C@@H](C)[C@@](O)(O2)C(=O)C(=O)N2CCCC[C@H]2C(=O)O[C@H]([C@H](C)C[C@@H]2CC[C@H](N=[N+]=[N-])[C@H](OC)C2)CC(=O)[C@H](C)/C=C(\C)[C@@H](O)[C@@H](OC)C(=O)[C@H](C)C[C@H](C)/C=C/C=C/C=C/1C.Cl.[Na+]. The number of nitrogens with zero attached hydrogens (tertiary/aromatic N) is 9. The molecule has 0 spiro atoms. The van der Waals surface area contributed by atoms with Crippen LogP contribution in [0.15, 0.2) is 111 Å². The normalized spacial score (nSPS) is 36.6. The van der Waals surface area contributed by atoms with Crippen LogP contribution in [0.3, 0.4) is 0 Å². The Morgan fingerprint density at radius 2 is 0.884 bits per heavy atom. The number of hydrogen-bond donors (Lipinski definition) is 6. The number of amides is 2. The maximum atomic E-state index is 14.6. The smallest absolute Gasteiger partial charge is 0.550 e. The van der Waals surface area contributed by atoms with Crippen molar-refractivity contribution in [2.24, 2.45) is 92.3 Å². The molecule has 2 amide bonds. The van der Waals surface area contributed by atoms with Gasteiger partial charge in [-0.15, -0.1) is 12.4 Å². The average molecular weight is 2110 g/mol. The van der Waals surface area contributed by atoms with Crippen molar-refractivity contribution < 1.29 is 165 Å². The van der Waals surface area contributed by atoms with Crippen molar-refractivity contribution in [3.8, 4) is 0 Å². The fourth-order valence-electron chi connectivity index (χ4n) is 20.9. The number of hydrogen-bond acceptors (Lipinski definition) is 32. The van der Waals surface area contributed by atoms with E-state index in [1.165, 1.54) is 38.2 Å². The van der Waals surface area contributed by atoms with E-state index >= 15 is 0 Å². The number of ether oxygens (including phenoxy) is 10. The molecular weight excluding hydrogens is 1930 g/mol. The van der Waals surface area contributed by atoms with Gasteiger partial charge >= 0.3 is 41.5 Å². The van der Waals surface area contributed by atoms with Crippen LogP contribution >= 0.6 is 12.4 Å². The third-order valence-electron chi connectivity index (χ3n) is 29.6. The molecule has 8 aliphatic rings. The van der Waals surface area contributed by atoms with Crippen LogP contribution in [0.2, 0.25) is 0 Å². The Balaban J connectivity index is 0.000000908. The summed E-state index contributed by atoms with van der Waals surface area (Å²) in [6, 6.07) is -2.87. The second kappa shape index (κ2) is 69.1. The molecule has 8 rings (SSSR count). The van der Waals surface area contributed by atoms with Crippen LogP contribution in [-0.4, -0.2) is 286 Å². The number of esters is 2. The number of carboxylic acid groups (broad SMARTS) is 1. The van der Waals surface area contributed by atoms with Crippen LogP contribution < -0.4 is 40.6 Å². The van der Waals surface area contributed by atoms with Crippen molar-refractivity contribution in [3.05, 3.63) is 116 Å². The third kappa shape index (κ3) is 41.4. The summed E-state index contributed by atoms with van der Waals surface area (Å²) in [4.78, 5) is 154. The molecule has 38 nitrogen and oxygen atoms in total. The summed E-state index contributed by atoms with van der Waals surface area (Å²) in [5.41, 5.74) is 21.4. The van der Waals surface area contributed by atoms with E-state index in [4.69, 9.17) is 78.3 Å². The van der Waals surface area contributed by atoms with Crippen molar-refractivity contribution in [1.82, 2.24) is 9.80 Å². The number of allylic oxidation sites excluding steroid dienone is 12. The van der Waals surface area contributed by atoms with Crippen molar-refractivity contribution in [2.45, 2.75) is 367 Å². The van der Waals surface area contributed by atoms with Gasteiger partial charge in [0, 0.05) is 140 Å². The first-order valence-corrected chi connectivity index (χ1v) is 51.3. The Morgan fingerprint density at radius 3 is 1.23 bits per heavy atom. The summed E-state index contributed by atoms with van der Waals surface area (Å²) in [6.07, 6.45) is 24.5. The Morgan fingerprint density at radius 1 is 0.517 bits per heavy atom. The number of aliphatic carboxylic acids is 1. The number of halogens is 1. The number of Topliss-reactive ketones (excluding diaryl/α,β-unsaturated/α-hetero) is 5. The van der Waals surface area contributed by atoms with Crippen LogP contribution in [0.1, 0.15) is 258 Å². The minimum absolute atomic E-state index is 0. The van der Waals surface area contributed by atoms with E-state index in [0.29, 0.717) is 132 Å². The van der Waals surface area contributed by atoms with Gasteiger partial charge in [-0.1, -0.05) is 158 Å². The van der Waals surface area contributed by atoms with E-state index < -0.39 is 161 Å². The van der Waals surface area contributed by atoms with Gasteiger partial charge in [0.05, 0.1) is 61.5 Å². The molecule has 0 aromatic carbocycles. The van der Waals surface area contributed by atoms with Crippen LogP contribution in [-0.2, 0) is 105 Å². The van der Waals surface area contributed by atoms with E-state index in [0.717, 1.165) is 38.0 Å². The molecule has 6 aliphatic heterocycles. The van der Waals surface area contributed by atoms with Crippen molar-refractivity contribution in [2.75, 3.05) is 77.1 Å². The molecule has 2 aliphatic carbocycles. The fourth-order valence-corrected chi connectivity index (χ4v) is 20.9. The summed E-state index contributed by atoms with van der Waals surface area (Å²) in [6.45, 7) is 26.8. The largest absolute Gasteiger partial charge is 1.00 e. The van der Waals surface area contributed by atoms with E-state index in [-0.39, 0.29) is 158 Å². The number of azide groups is 2. The molecular formula is C107H172ClN10NaO28. The Bertz CT molecular complexity index is 4540. The monoisotopic (exact) mass is 2100 g/mol. The predicted octanol–water partition coefficient (Wildman–Crippen LogP) is 10.7. The van der Waals surface area contributed by atoms with Crippen LogP contribution in [0, 0.1) is 71.0 Å². The number of piperidine rings is 2. The molecule has 0 radical (unpaired) electrons. The molecule has 6 fully saturated rings. The summed E-state index contributed by atoms with van der Waals surface area (Å²) in [5.74, 6) is -12.0. The van der Waals surface area contributed by atoms with Crippen molar-refractivity contribution in [3.63, 3.8) is 0 Å². The molecule has 7 N–H and O–H groups in total. The third-order valence-corrected chi connectivity index (χ3v) is 29.6. The van der Waals surface area contributed by atoms with E-state index in [1.807, 2.05) is 123 Å². The first-order chi connectivity index (χ1) is 68.8. The number of carbonyl (C=O) groups is 10. The van der Waals surface area contributed by atoms with E-state index in [1.54, 1.807) is 75.2 Å². The second-order valence-electron chi connectivity index (χ2n) is 40.6. The maximum absolute atomic E-state index is 14.6. The summed E-state index contributed by atoms with van der Waals surface area (Å²) in [5, 5.41) is 75.2. The number of fused-ring (bicyclic) bond motifs is 6. The number of ketones is 5. The van der Waals surface area contributed by atoms with Crippen molar-refractivity contribution >= 4 is 76.8 Å². The molecule has 40 heteroatoms. The molecule has 147 heavy (non-hydrogen) atoms. The van der Waals surface area contributed by atoms with Gasteiger partial charge in [0.2, 0.25) is 11.6 Å².